The van der Waals surface area contributed by atoms with E-state index in [4.69, 9.17) is 5.11 Å². The van der Waals surface area contributed by atoms with Crippen molar-refractivity contribution in [1.29, 1.82) is 0 Å². The molecule has 0 fully saturated rings. The van der Waals surface area contributed by atoms with E-state index in [2.05, 4.69) is 12.2 Å². The van der Waals surface area contributed by atoms with Crippen LogP contribution < -0.4 is 5.32 Å². The fraction of sp³-hybridized carbons (Fsp3) is 0.938. The number of carbonyl (C=O) groups excluding carboxylic acids is 1. The highest BCUT2D eigenvalue weighted by Gasteiger charge is 2.02. The molecule has 0 aromatic rings. The lowest BCUT2D eigenvalue weighted by Gasteiger charge is -2.07. The number of hydrogen-bond donors (Lipinski definition) is 2. The van der Waals surface area contributed by atoms with Gasteiger partial charge in [-0.05, 0) is 13.3 Å². The molecule has 0 aromatic carbocycles. The lowest BCUT2D eigenvalue weighted by atomic mass is 10.1. The summed E-state index contributed by atoms with van der Waals surface area (Å²) in [5.74, 6) is -0.0362. The summed E-state index contributed by atoms with van der Waals surface area (Å²) in [5, 5.41) is 11.5. The zero-order valence-electron chi connectivity index (χ0n) is 12.9. The average molecular weight is 271 g/mol. The van der Waals surface area contributed by atoms with Crippen molar-refractivity contribution in [2.75, 3.05) is 0 Å². The number of aliphatic hydroxyl groups is 1. The van der Waals surface area contributed by atoms with Gasteiger partial charge in [0.25, 0.3) is 0 Å². The van der Waals surface area contributed by atoms with Gasteiger partial charge in [0.2, 0.25) is 5.91 Å². The number of hydrogen-bond acceptors (Lipinski definition) is 2. The number of aliphatic hydroxyl groups excluding tert-OH is 1. The van der Waals surface area contributed by atoms with Gasteiger partial charge in [0.15, 0.2) is 0 Å². The molecule has 0 aliphatic rings. The van der Waals surface area contributed by atoms with Gasteiger partial charge in [0, 0.05) is 6.42 Å². The number of amides is 1. The third-order valence-electron chi connectivity index (χ3n) is 3.38. The Bertz CT molecular complexity index is 205. The van der Waals surface area contributed by atoms with Crippen LogP contribution in [0.1, 0.15) is 90.9 Å². The second-order valence-corrected chi connectivity index (χ2v) is 5.53. The minimum Gasteiger partial charge on any atom is -0.374 e. The molecule has 1 atom stereocenters. The van der Waals surface area contributed by atoms with Gasteiger partial charge in [-0.3, -0.25) is 4.79 Å². The molecule has 0 heterocycles. The maximum Gasteiger partial charge on any atom is 0.221 e. The van der Waals surface area contributed by atoms with Crippen LogP contribution in [0.2, 0.25) is 0 Å². The molecular weight excluding hydrogens is 238 g/mol. The van der Waals surface area contributed by atoms with E-state index in [1.807, 2.05) is 0 Å². The second-order valence-electron chi connectivity index (χ2n) is 5.53. The third-order valence-corrected chi connectivity index (χ3v) is 3.38. The molecule has 2 N–H and O–H groups in total. The van der Waals surface area contributed by atoms with Crippen LogP contribution in [-0.4, -0.2) is 17.2 Å². The summed E-state index contributed by atoms with van der Waals surface area (Å²) >= 11 is 0. The van der Waals surface area contributed by atoms with Crippen molar-refractivity contribution in [1.82, 2.24) is 5.32 Å². The first-order chi connectivity index (χ1) is 9.16. The fourth-order valence-corrected chi connectivity index (χ4v) is 2.25. The Kier molecular flexibility index (Phi) is 13.4. The molecule has 0 aliphatic carbocycles. The molecule has 0 rings (SSSR count). The van der Waals surface area contributed by atoms with Gasteiger partial charge >= 0.3 is 0 Å². The van der Waals surface area contributed by atoms with Crippen LogP contribution in [-0.2, 0) is 4.79 Å². The summed E-state index contributed by atoms with van der Waals surface area (Å²) in [6.07, 6.45) is 14.0. The SMILES string of the molecule is CCCCCCCCCCCCCC(=O)NC(C)O. The van der Waals surface area contributed by atoms with E-state index in [0.29, 0.717) is 6.42 Å². The highest BCUT2D eigenvalue weighted by molar-refractivity contribution is 5.75. The van der Waals surface area contributed by atoms with Crippen LogP contribution in [0.3, 0.4) is 0 Å². The summed E-state index contributed by atoms with van der Waals surface area (Å²) in [4.78, 5) is 11.2. The summed E-state index contributed by atoms with van der Waals surface area (Å²) in [5.41, 5.74) is 0. The Hall–Kier alpha value is -0.570. The summed E-state index contributed by atoms with van der Waals surface area (Å²) < 4.78 is 0. The molecule has 0 radical (unpaired) electrons. The summed E-state index contributed by atoms with van der Waals surface area (Å²) in [7, 11) is 0. The molecular formula is C16H33NO2. The largest absolute Gasteiger partial charge is 0.374 e. The fourth-order valence-electron chi connectivity index (χ4n) is 2.25. The first-order valence-electron chi connectivity index (χ1n) is 8.14. The Morgan fingerprint density at radius 2 is 1.32 bits per heavy atom. The van der Waals surface area contributed by atoms with Crippen LogP contribution in [0.5, 0.6) is 0 Å². The van der Waals surface area contributed by atoms with Gasteiger partial charge in [0.1, 0.15) is 6.23 Å². The molecule has 19 heavy (non-hydrogen) atoms. The first kappa shape index (κ1) is 18.4. The zero-order valence-corrected chi connectivity index (χ0v) is 12.9. The Morgan fingerprint density at radius 3 is 1.74 bits per heavy atom. The number of rotatable bonds is 13. The van der Waals surface area contributed by atoms with Crippen molar-refractivity contribution in [3.8, 4) is 0 Å². The van der Waals surface area contributed by atoms with Crippen molar-refractivity contribution in [3.05, 3.63) is 0 Å². The lowest BCUT2D eigenvalue weighted by molar-refractivity contribution is -0.123. The van der Waals surface area contributed by atoms with E-state index in [1.54, 1.807) is 6.92 Å². The van der Waals surface area contributed by atoms with Crippen molar-refractivity contribution in [2.45, 2.75) is 97.1 Å². The molecule has 114 valence electrons. The van der Waals surface area contributed by atoms with E-state index in [9.17, 15) is 4.79 Å². The Balaban J connectivity index is 3.08. The monoisotopic (exact) mass is 271 g/mol. The standard InChI is InChI=1S/C16H33NO2/c1-3-4-5-6-7-8-9-10-11-12-13-14-16(19)17-15(2)18/h15,18H,3-14H2,1-2H3,(H,17,19). The van der Waals surface area contributed by atoms with Gasteiger partial charge in [-0.1, -0.05) is 71.1 Å². The number of carbonyl (C=O) groups is 1. The summed E-state index contributed by atoms with van der Waals surface area (Å²) in [6.45, 7) is 3.82. The quantitative estimate of drug-likeness (QED) is 0.390. The van der Waals surface area contributed by atoms with Crippen LogP contribution >= 0.6 is 0 Å². The van der Waals surface area contributed by atoms with Gasteiger partial charge in [0.05, 0.1) is 0 Å². The Morgan fingerprint density at radius 1 is 0.895 bits per heavy atom. The van der Waals surface area contributed by atoms with E-state index in [-0.39, 0.29) is 5.91 Å². The van der Waals surface area contributed by atoms with Gasteiger partial charge < -0.3 is 10.4 Å². The predicted molar refractivity (Wildman–Crippen MR) is 80.9 cm³/mol. The predicted octanol–water partition coefficient (Wildman–Crippen LogP) is 4.14. The lowest BCUT2D eigenvalue weighted by Crippen LogP contribution is -2.31. The highest BCUT2D eigenvalue weighted by atomic mass is 16.3. The second kappa shape index (κ2) is 13.9. The zero-order chi connectivity index (χ0) is 14.3. The van der Waals surface area contributed by atoms with Gasteiger partial charge in [-0.2, -0.15) is 0 Å². The number of nitrogens with one attached hydrogen (secondary N) is 1. The molecule has 0 spiro atoms. The van der Waals surface area contributed by atoms with E-state index in [1.165, 1.54) is 57.8 Å². The topological polar surface area (TPSA) is 49.3 Å². The van der Waals surface area contributed by atoms with Crippen molar-refractivity contribution in [2.24, 2.45) is 0 Å². The molecule has 0 aromatic heterocycles. The van der Waals surface area contributed by atoms with Crippen molar-refractivity contribution < 1.29 is 9.90 Å². The van der Waals surface area contributed by atoms with Crippen LogP contribution in [0.15, 0.2) is 0 Å². The van der Waals surface area contributed by atoms with Crippen molar-refractivity contribution >= 4 is 5.91 Å². The van der Waals surface area contributed by atoms with Crippen LogP contribution in [0, 0.1) is 0 Å². The normalized spacial score (nSPS) is 12.4. The molecule has 1 unspecified atom stereocenters. The molecule has 0 bridgehead atoms. The van der Waals surface area contributed by atoms with Crippen LogP contribution in [0.25, 0.3) is 0 Å². The van der Waals surface area contributed by atoms with E-state index >= 15 is 0 Å². The maximum atomic E-state index is 11.2. The highest BCUT2D eigenvalue weighted by Crippen LogP contribution is 2.11. The smallest absolute Gasteiger partial charge is 0.221 e. The van der Waals surface area contributed by atoms with E-state index in [0.717, 1.165) is 12.8 Å². The maximum absolute atomic E-state index is 11.2. The number of unbranched alkanes of at least 4 members (excludes halogenated alkanes) is 10. The van der Waals surface area contributed by atoms with Crippen LogP contribution in [0.4, 0.5) is 0 Å². The molecule has 1 amide bonds. The minimum absolute atomic E-state index is 0.0362. The summed E-state index contributed by atoms with van der Waals surface area (Å²) in [6, 6.07) is 0. The molecule has 0 saturated carbocycles. The van der Waals surface area contributed by atoms with Crippen molar-refractivity contribution in [3.63, 3.8) is 0 Å². The van der Waals surface area contributed by atoms with Gasteiger partial charge in [-0.25, -0.2) is 0 Å². The van der Waals surface area contributed by atoms with Gasteiger partial charge in [-0.15, -0.1) is 0 Å². The average Bonchev–Trinajstić information content (AvgIpc) is 2.35. The molecule has 0 aliphatic heterocycles. The Labute approximate surface area is 119 Å². The first-order valence-corrected chi connectivity index (χ1v) is 8.14. The van der Waals surface area contributed by atoms with E-state index < -0.39 is 6.23 Å². The third kappa shape index (κ3) is 15.4. The molecule has 3 heteroatoms. The minimum atomic E-state index is -0.722. The molecule has 0 saturated heterocycles. The molecule has 3 nitrogen and oxygen atoms in total.